The van der Waals surface area contributed by atoms with Crippen LogP contribution in [0.4, 0.5) is 13.2 Å². The third-order valence-corrected chi connectivity index (χ3v) is 1.85. The van der Waals surface area contributed by atoms with Crippen molar-refractivity contribution >= 4 is 11.8 Å². The molecule has 4 nitrogen and oxygen atoms in total. The molecule has 0 aliphatic carbocycles. The van der Waals surface area contributed by atoms with Gasteiger partial charge in [0.2, 0.25) is 11.8 Å². The molecular formula is C9H14F3N2O2. The molecule has 0 fully saturated rings. The van der Waals surface area contributed by atoms with Crippen LogP contribution >= 0.6 is 0 Å². The van der Waals surface area contributed by atoms with Gasteiger partial charge in [0.15, 0.2) is 0 Å². The monoisotopic (exact) mass is 239 g/mol. The third kappa shape index (κ3) is 8.07. The standard InChI is InChI=1S/C9H14F3N2O2/c1-6(8(13)16)2-3-7(15)14-5-4-9(10,11)12/h3,6H,2,4-5H2,1H3,(H2,13,16)(H,14,15)/t6-/m0/s1. The van der Waals surface area contributed by atoms with Gasteiger partial charge in [-0.2, -0.15) is 13.2 Å². The van der Waals surface area contributed by atoms with Crippen LogP contribution in [0.25, 0.3) is 0 Å². The minimum atomic E-state index is -4.28. The number of nitrogens with two attached hydrogens (primary N) is 1. The second-order valence-electron chi connectivity index (χ2n) is 3.40. The fourth-order valence-electron chi connectivity index (χ4n) is 0.800. The summed E-state index contributed by atoms with van der Waals surface area (Å²) >= 11 is 0. The molecule has 0 saturated carbocycles. The predicted molar refractivity (Wildman–Crippen MR) is 51.0 cm³/mol. The quantitative estimate of drug-likeness (QED) is 0.718. The first-order chi connectivity index (χ1) is 7.22. The summed E-state index contributed by atoms with van der Waals surface area (Å²) in [5, 5.41) is 2.07. The van der Waals surface area contributed by atoms with E-state index in [2.05, 4.69) is 5.32 Å². The van der Waals surface area contributed by atoms with Crippen LogP contribution in [0.3, 0.4) is 0 Å². The Labute approximate surface area is 91.4 Å². The molecule has 0 aliphatic rings. The summed E-state index contributed by atoms with van der Waals surface area (Å²) in [5.74, 6) is -1.69. The van der Waals surface area contributed by atoms with E-state index < -0.39 is 36.9 Å². The van der Waals surface area contributed by atoms with E-state index in [1.54, 1.807) is 0 Å². The number of hydrogen-bond donors (Lipinski definition) is 2. The number of amides is 2. The van der Waals surface area contributed by atoms with Gasteiger partial charge in [0.05, 0.1) is 12.8 Å². The molecule has 0 bridgehead atoms. The van der Waals surface area contributed by atoms with Crippen molar-refractivity contribution in [2.75, 3.05) is 6.54 Å². The fourth-order valence-corrected chi connectivity index (χ4v) is 0.800. The van der Waals surface area contributed by atoms with Gasteiger partial charge in [-0.05, 0) is 6.42 Å². The Morgan fingerprint density at radius 1 is 1.44 bits per heavy atom. The van der Waals surface area contributed by atoms with Gasteiger partial charge >= 0.3 is 6.18 Å². The number of primary amides is 1. The fraction of sp³-hybridized carbons (Fsp3) is 0.667. The molecule has 2 amide bonds. The van der Waals surface area contributed by atoms with Crippen molar-refractivity contribution in [2.45, 2.75) is 25.9 Å². The first-order valence-corrected chi connectivity index (χ1v) is 4.69. The molecule has 1 atom stereocenters. The summed E-state index contributed by atoms with van der Waals surface area (Å²) in [6.45, 7) is 1.06. The average molecular weight is 239 g/mol. The van der Waals surface area contributed by atoms with Crippen LogP contribution in [0, 0.1) is 12.3 Å². The summed E-state index contributed by atoms with van der Waals surface area (Å²) in [6, 6.07) is 0. The lowest BCUT2D eigenvalue weighted by Gasteiger charge is -2.09. The molecular weight excluding hydrogens is 225 g/mol. The highest BCUT2D eigenvalue weighted by atomic mass is 19.4. The van der Waals surface area contributed by atoms with Crippen molar-refractivity contribution in [3.63, 3.8) is 0 Å². The number of alkyl halides is 3. The van der Waals surface area contributed by atoms with E-state index in [0.717, 1.165) is 6.42 Å². The van der Waals surface area contributed by atoms with E-state index in [9.17, 15) is 22.8 Å². The van der Waals surface area contributed by atoms with Crippen LogP contribution in [-0.2, 0) is 9.59 Å². The molecule has 0 spiro atoms. The van der Waals surface area contributed by atoms with E-state index in [0.29, 0.717) is 0 Å². The molecule has 7 heteroatoms. The minimum Gasteiger partial charge on any atom is -0.369 e. The van der Waals surface area contributed by atoms with Crippen molar-refractivity contribution < 1.29 is 22.8 Å². The van der Waals surface area contributed by atoms with Crippen LogP contribution in [-0.4, -0.2) is 24.5 Å². The summed E-state index contributed by atoms with van der Waals surface area (Å²) in [5.41, 5.74) is 4.94. The van der Waals surface area contributed by atoms with Gasteiger partial charge in [-0.3, -0.25) is 9.59 Å². The van der Waals surface area contributed by atoms with Crippen molar-refractivity contribution in [1.29, 1.82) is 0 Å². The second-order valence-corrected chi connectivity index (χ2v) is 3.40. The van der Waals surface area contributed by atoms with Crippen LogP contribution in [0.5, 0.6) is 0 Å². The number of nitrogens with one attached hydrogen (secondary N) is 1. The van der Waals surface area contributed by atoms with Crippen LogP contribution in [0.2, 0.25) is 0 Å². The maximum absolute atomic E-state index is 11.7. The van der Waals surface area contributed by atoms with Gasteiger partial charge < -0.3 is 11.1 Å². The van der Waals surface area contributed by atoms with Gasteiger partial charge in [-0.25, -0.2) is 0 Å². The molecule has 3 N–H and O–H groups in total. The van der Waals surface area contributed by atoms with Crippen molar-refractivity contribution in [3.05, 3.63) is 6.42 Å². The van der Waals surface area contributed by atoms with Crippen molar-refractivity contribution in [1.82, 2.24) is 5.32 Å². The molecule has 1 radical (unpaired) electrons. The van der Waals surface area contributed by atoms with E-state index >= 15 is 0 Å². The van der Waals surface area contributed by atoms with Crippen molar-refractivity contribution in [2.24, 2.45) is 11.7 Å². The molecule has 0 saturated heterocycles. The van der Waals surface area contributed by atoms with Gasteiger partial charge in [0.1, 0.15) is 0 Å². The molecule has 0 rings (SSSR count). The zero-order chi connectivity index (χ0) is 12.8. The number of rotatable bonds is 6. The highest BCUT2D eigenvalue weighted by Gasteiger charge is 2.26. The Hall–Kier alpha value is -1.27. The lowest BCUT2D eigenvalue weighted by atomic mass is 10.1. The zero-order valence-corrected chi connectivity index (χ0v) is 8.80. The maximum atomic E-state index is 11.7. The van der Waals surface area contributed by atoms with E-state index in [1.165, 1.54) is 6.92 Å². The summed E-state index contributed by atoms with van der Waals surface area (Å²) in [6.07, 6.45) is -4.12. The lowest BCUT2D eigenvalue weighted by molar-refractivity contribution is -0.135. The molecule has 0 unspecified atom stereocenters. The van der Waals surface area contributed by atoms with E-state index in [1.807, 2.05) is 0 Å². The average Bonchev–Trinajstić information content (AvgIpc) is 2.11. The van der Waals surface area contributed by atoms with Gasteiger partial charge in [-0.1, -0.05) is 6.92 Å². The lowest BCUT2D eigenvalue weighted by Crippen LogP contribution is -2.29. The largest absolute Gasteiger partial charge is 0.390 e. The molecule has 93 valence electrons. The third-order valence-electron chi connectivity index (χ3n) is 1.85. The van der Waals surface area contributed by atoms with Gasteiger partial charge in [0.25, 0.3) is 0 Å². The molecule has 0 aromatic heterocycles. The number of carbonyl (C=O) groups is 2. The zero-order valence-electron chi connectivity index (χ0n) is 8.80. The predicted octanol–water partition coefficient (Wildman–Crippen LogP) is 0.771. The van der Waals surface area contributed by atoms with Gasteiger partial charge in [0, 0.05) is 12.5 Å². The van der Waals surface area contributed by atoms with Crippen LogP contribution in [0.1, 0.15) is 19.8 Å². The Morgan fingerprint density at radius 3 is 2.44 bits per heavy atom. The smallest absolute Gasteiger partial charge is 0.369 e. The molecule has 0 aliphatic heterocycles. The topological polar surface area (TPSA) is 72.2 Å². The summed E-state index contributed by atoms with van der Waals surface area (Å²) < 4.78 is 35.1. The normalized spacial score (nSPS) is 13.2. The van der Waals surface area contributed by atoms with Crippen LogP contribution < -0.4 is 11.1 Å². The molecule has 16 heavy (non-hydrogen) atoms. The highest BCUT2D eigenvalue weighted by Crippen LogP contribution is 2.18. The number of carbonyl (C=O) groups excluding carboxylic acids is 2. The van der Waals surface area contributed by atoms with Crippen LogP contribution in [0.15, 0.2) is 0 Å². The van der Waals surface area contributed by atoms with E-state index in [-0.39, 0.29) is 6.42 Å². The van der Waals surface area contributed by atoms with Crippen molar-refractivity contribution in [3.8, 4) is 0 Å². The number of hydrogen-bond acceptors (Lipinski definition) is 2. The highest BCUT2D eigenvalue weighted by molar-refractivity contribution is 5.85. The summed E-state index contributed by atoms with van der Waals surface area (Å²) in [7, 11) is 0. The Morgan fingerprint density at radius 2 is 2.00 bits per heavy atom. The number of halogens is 3. The Kier molecular flexibility index (Phi) is 5.84. The first kappa shape index (κ1) is 14.7. The minimum absolute atomic E-state index is 0.118. The SMILES string of the molecule is C[C@@H](C[CH]C(=O)NCCC(F)(F)F)C(N)=O. The van der Waals surface area contributed by atoms with Gasteiger partial charge in [-0.15, -0.1) is 0 Å². The Balaban J connectivity index is 3.64. The van der Waals surface area contributed by atoms with E-state index in [4.69, 9.17) is 5.73 Å². The molecule has 0 aromatic carbocycles. The Bertz CT molecular complexity index is 254. The molecule has 0 heterocycles. The summed E-state index contributed by atoms with van der Waals surface area (Å²) in [4.78, 5) is 21.5. The maximum Gasteiger partial charge on any atom is 0.390 e. The second kappa shape index (κ2) is 6.34. The molecule has 0 aromatic rings. The first-order valence-electron chi connectivity index (χ1n) is 4.69.